The van der Waals surface area contributed by atoms with Crippen molar-refractivity contribution < 1.29 is 0 Å². The second kappa shape index (κ2) is 10.4. The summed E-state index contributed by atoms with van der Waals surface area (Å²) in [5.74, 6) is 8.00. The highest BCUT2D eigenvalue weighted by molar-refractivity contribution is 5.02. The van der Waals surface area contributed by atoms with Crippen molar-refractivity contribution in [3.63, 3.8) is 0 Å². The van der Waals surface area contributed by atoms with Crippen LogP contribution in [0.1, 0.15) is 25.7 Å². The number of hydrazine groups is 1. The van der Waals surface area contributed by atoms with Gasteiger partial charge in [-0.15, -0.1) is 0 Å². The van der Waals surface area contributed by atoms with Crippen LogP contribution in [0.3, 0.4) is 0 Å². The Morgan fingerprint density at radius 2 is 1.33 bits per heavy atom. The van der Waals surface area contributed by atoms with Crippen LogP contribution in [0.2, 0.25) is 0 Å². The molecule has 6 nitrogen and oxygen atoms in total. The van der Waals surface area contributed by atoms with Crippen LogP contribution < -0.4 is 17.4 Å². The molecule has 0 saturated heterocycles. The molecule has 0 aliphatic rings. The summed E-state index contributed by atoms with van der Waals surface area (Å²) in [6, 6.07) is 6.06. The van der Waals surface area contributed by atoms with Crippen LogP contribution >= 0.6 is 0 Å². The van der Waals surface area contributed by atoms with E-state index in [1.165, 1.54) is 0 Å². The highest BCUT2D eigenvalue weighted by atomic mass is 15.0. The van der Waals surface area contributed by atoms with Crippen molar-refractivity contribution in [2.24, 2.45) is 22.8 Å². The summed E-state index contributed by atoms with van der Waals surface area (Å²) >= 11 is 0. The van der Waals surface area contributed by atoms with Gasteiger partial charge in [-0.3, -0.25) is 11.7 Å². The van der Waals surface area contributed by atoms with E-state index in [1.54, 1.807) is 0 Å². The van der Waals surface area contributed by atoms with Crippen molar-refractivity contribution in [1.29, 1.82) is 15.8 Å². The van der Waals surface area contributed by atoms with E-state index >= 15 is 0 Å². The van der Waals surface area contributed by atoms with Gasteiger partial charge in [0.05, 0.1) is 23.6 Å². The molecule has 0 radical (unpaired) electrons. The van der Waals surface area contributed by atoms with Crippen LogP contribution in [0, 0.1) is 39.4 Å². The van der Waals surface area contributed by atoms with Crippen molar-refractivity contribution in [1.82, 2.24) is 0 Å². The Hall–Kier alpha value is -1.65. The lowest BCUT2D eigenvalue weighted by Crippen LogP contribution is -2.28. The lowest BCUT2D eigenvalue weighted by molar-refractivity contribution is 0.354. The molecule has 0 amide bonds. The van der Waals surface area contributed by atoms with Crippen LogP contribution in [0.15, 0.2) is 0 Å². The van der Waals surface area contributed by atoms with E-state index in [0.717, 1.165) is 0 Å². The fourth-order valence-electron chi connectivity index (χ4n) is 1.08. The van der Waals surface area contributed by atoms with E-state index in [9.17, 15) is 0 Å². The molecule has 0 aromatic rings. The Kier molecular flexibility index (Phi) is 11.0. The Morgan fingerprint density at radius 3 is 1.53 bits per heavy atom. The van der Waals surface area contributed by atoms with Crippen LogP contribution in [0.4, 0.5) is 0 Å². The molecular weight excluding hydrogens is 192 g/mol. The first-order valence-corrected chi connectivity index (χ1v) is 4.43. The van der Waals surface area contributed by atoms with Crippen LogP contribution in [0.25, 0.3) is 0 Å². The predicted molar refractivity (Wildman–Crippen MR) is 55.2 cm³/mol. The van der Waals surface area contributed by atoms with E-state index in [4.69, 9.17) is 21.5 Å². The quantitative estimate of drug-likeness (QED) is 0.423. The number of hydrogen-bond acceptors (Lipinski definition) is 6. The predicted octanol–water partition coefficient (Wildman–Crippen LogP) is -0.119. The molecule has 0 atom stereocenters. The number of hydrogen-bond donors (Lipinski definition) is 3. The molecule has 6 heteroatoms. The summed E-state index contributed by atoms with van der Waals surface area (Å²) in [6.07, 6.45) is 1.54. The zero-order valence-electron chi connectivity index (χ0n) is 8.61. The molecule has 0 aromatic carbocycles. The first-order valence-electron chi connectivity index (χ1n) is 4.43. The molecule has 82 valence electrons. The Bertz CT molecular complexity index is 248. The summed E-state index contributed by atoms with van der Waals surface area (Å²) in [6.45, 7) is 0.215. The molecule has 6 N–H and O–H groups in total. The Morgan fingerprint density at radius 1 is 0.933 bits per heavy atom. The highest BCUT2D eigenvalue weighted by Crippen LogP contribution is 2.27. The normalized spacial score (nSPS) is 8.80. The lowest BCUT2D eigenvalue weighted by atomic mass is 9.81. The average Bonchev–Trinajstić information content (AvgIpc) is 2.33. The fraction of sp³-hybridized carbons (Fsp3) is 0.667. The molecule has 0 aromatic heterocycles. The molecule has 0 bridgehead atoms. The summed E-state index contributed by atoms with van der Waals surface area (Å²) in [4.78, 5) is 0. The molecule has 0 rings (SSSR count). The van der Waals surface area contributed by atoms with Crippen molar-refractivity contribution in [3.8, 4) is 18.2 Å². The average molecular weight is 208 g/mol. The van der Waals surface area contributed by atoms with Crippen molar-refractivity contribution in [3.05, 3.63) is 0 Å². The molecule has 0 heterocycles. The first kappa shape index (κ1) is 15.8. The van der Waals surface area contributed by atoms with E-state index in [-0.39, 0.29) is 6.54 Å². The minimum absolute atomic E-state index is 0.215. The van der Waals surface area contributed by atoms with Crippen LogP contribution in [0.5, 0.6) is 0 Å². The number of nitriles is 3. The monoisotopic (exact) mass is 208 g/mol. The van der Waals surface area contributed by atoms with Gasteiger partial charge in [0.1, 0.15) is 0 Å². The first-order chi connectivity index (χ1) is 7.24. The van der Waals surface area contributed by atoms with Gasteiger partial charge in [0, 0.05) is 19.4 Å². The van der Waals surface area contributed by atoms with Gasteiger partial charge in [0.2, 0.25) is 0 Å². The van der Waals surface area contributed by atoms with Gasteiger partial charge in [0.25, 0.3) is 0 Å². The maximum atomic E-state index is 8.88. The van der Waals surface area contributed by atoms with Crippen molar-refractivity contribution in [2.75, 3.05) is 6.54 Å². The van der Waals surface area contributed by atoms with E-state index in [0.29, 0.717) is 25.7 Å². The van der Waals surface area contributed by atoms with Crippen LogP contribution in [-0.4, -0.2) is 6.54 Å². The van der Waals surface area contributed by atoms with E-state index in [1.807, 2.05) is 12.1 Å². The van der Waals surface area contributed by atoms with Gasteiger partial charge in [-0.05, 0) is 12.8 Å². The number of nitrogens with zero attached hydrogens (tertiary/aromatic N) is 3. The third-order valence-corrected chi connectivity index (χ3v) is 2.06. The third-order valence-electron chi connectivity index (χ3n) is 2.06. The van der Waals surface area contributed by atoms with Crippen molar-refractivity contribution >= 4 is 0 Å². The second-order valence-electron chi connectivity index (χ2n) is 2.91. The largest absolute Gasteiger partial charge is 0.329 e. The van der Waals surface area contributed by atoms with Gasteiger partial charge < -0.3 is 5.73 Å². The van der Waals surface area contributed by atoms with Gasteiger partial charge in [-0.25, -0.2) is 0 Å². The summed E-state index contributed by atoms with van der Waals surface area (Å²) in [7, 11) is 0. The molecular formula is C9H16N6. The molecule has 15 heavy (non-hydrogen) atoms. The number of rotatable bonds is 5. The highest BCUT2D eigenvalue weighted by Gasteiger charge is 2.27. The van der Waals surface area contributed by atoms with Crippen molar-refractivity contribution in [2.45, 2.75) is 25.7 Å². The maximum absolute atomic E-state index is 8.88. The van der Waals surface area contributed by atoms with Crippen LogP contribution in [-0.2, 0) is 0 Å². The Balaban J connectivity index is 0. The minimum Gasteiger partial charge on any atom is -0.329 e. The van der Waals surface area contributed by atoms with Gasteiger partial charge >= 0.3 is 0 Å². The fourth-order valence-corrected chi connectivity index (χ4v) is 1.08. The zero-order valence-corrected chi connectivity index (χ0v) is 8.61. The molecule has 0 saturated carbocycles. The summed E-state index contributed by atoms with van der Waals surface area (Å²) in [5, 5.41) is 25.6. The molecule has 0 aliphatic carbocycles. The molecule has 0 fully saturated rings. The lowest BCUT2D eigenvalue weighted by Gasteiger charge is -2.21. The van der Waals surface area contributed by atoms with Gasteiger partial charge in [-0.1, -0.05) is 0 Å². The van der Waals surface area contributed by atoms with E-state index in [2.05, 4.69) is 17.8 Å². The molecule has 0 aliphatic heterocycles. The van der Waals surface area contributed by atoms with Gasteiger partial charge in [0.15, 0.2) is 0 Å². The standard InChI is InChI=1S/C9H12N4.H4N2/c10-5-1-3-9(7-12,8-13)4-2-6-11;1-2/h1-4,7,12H2;1-2H2. The maximum Gasteiger partial charge on any atom is 0.0715 e. The smallest absolute Gasteiger partial charge is 0.0715 e. The molecule has 0 spiro atoms. The molecule has 0 unspecified atom stereocenters. The number of nitrogens with two attached hydrogens (primary N) is 3. The topological polar surface area (TPSA) is 149 Å². The second-order valence-corrected chi connectivity index (χ2v) is 2.91. The SMILES string of the molecule is N#CCCC(C#N)(CN)CCC#N.NN. The Labute approximate surface area is 89.8 Å². The summed E-state index contributed by atoms with van der Waals surface area (Å²) in [5.41, 5.74) is 4.78. The van der Waals surface area contributed by atoms with E-state index < -0.39 is 5.41 Å². The minimum atomic E-state index is -0.675. The summed E-state index contributed by atoms with van der Waals surface area (Å²) < 4.78 is 0. The zero-order chi connectivity index (χ0) is 12.2. The van der Waals surface area contributed by atoms with Gasteiger partial charge in [-0.2, -0.15) is 15.8 Å². The third kappa shape index (κ3) is 6.42.